The Morgan fingerprint density at radius 2 is 2.15 bits per heavy atom. The molecule has 0 spiro atoms. The first-order valence-electron chi connectivity index (χ1n) is 7.51. The van der Waals surface area contributed by atoms with Gasteiger partial charge in [-0.1, -0.05) is 19.9 Å². The molecule has 1 N–H and O–H groups in total. The molecular weight excluding hydrogens is 256 g/mol. The third-order valence-electron chi connectivity index (χ3n) is 4.54. The van der Waals surface area contributed by atoms with E-state index in [1.807, 2.05) is 13.0 Å². The smallest absolute Gasteiger partial charge is 0.317 e. The number of carboxylic acids is 1. The van der Waals surface area contributed by atoms with Crippen molar-refractivity contribution in [3.63, 3.8) is 0 Å². The van der Waals surface area contributed by atoms with Crippen LogP contribution in [0.25, 0.3) is 0 Å². The molecule has 1 aliphatic rings. The van der Waals surface area contributed by atoms with E-state index in [1.54, 1.807) is 0 Å². The minimum atomic E-state index is -1.13. The Labute approximate surface area is 121 Å². The van der Waals surface area contributed by atoms with Gasteiger partial charge in [-0.3, -0.25) is 9.59 Å². The highest BCUT2D eigenvalue weighted by molar-refractivity contribution is 5.90. The molecule has 1 fully saturated rings. The van der Waals surface area contributed by atoms with Crippen molar-refractivity contribution in [2.45, 2.75) is 64.4 Å². The van der Waals surface area contributed by atoms with Gasteiger partial charge in [0.25, 0.3) is 0 Å². The van der Waals surface area contributed by atoms with E-state index in [9.17, 15) is 9.59 Å². The van der Waals surface area contributed by atoms with E-state index in [0.29, 0.717) is 11.8 Å². The Hall–Kier alpha value is -1.32. The second-order valence-electron chi connectivity index (χ2n) is 5.73. The van der Waals surface area contributed by atoms with Crippen molar-refractivity contribution < 1.29 is 19.4 Å². The third-order valence-corrected chi connectivity index (χ3v) is 4.54. The van der Waals surface area contributed by atoms with Crippen molar-refractivity contribution >= 4 is 11.9 Å². The van der Waals surface area contributed by atoms with E-state index < -0.39 is 24.0 Å². The van der Waals surface area contributed by atoms with E-state index in [2.05, 4.69) is 13.5 Å². The Morgan fingerprint density at radius 1 is 1.45 bits per heavy atom. The Bertz CT molecular complexity index is 363. The predicted octanol–water partition coefficient (Wildman–Crippen LogP) is 3.56. The minimum Gasteiger partial charge on any atom is -0.481 e. The van der Waals surface area contributed by atoms with Gasteiger partial charge in [0.15, 0.2) is 0 Å². The van der Waals surface area contributed by atoms with Crippen LogP contribution in [0.15, 0.2) is 12.7 Å². The van der Waals surface area contributed by atoms with E-state index in [0.717, 1.165) is 38.5 Å². The highest BCUT2D eigenvalue weighted by Gasteiger charge is 2.44. The molecule has 1 aliphatic carbocycles. The van der Waals surface area contributed by atoms with E-state index in [4.69, 9.17) is 9.84 Å². The van der Waals surface area contributed by atoms with Gasteiger partial charge in [0, 0.05) is 0 Å². The Kier molecular flexibility index (Phi) is 6.24. The van der Waals surface area contributed by atoms with Gasteiger partial charge in [0.05, 0.1) is 0 Å². The Balaban J connectivity index is 2.77. The van der Waals surface area contributed by atoms with Gasteiger partial charge >= 0.3 is 11.9 Å². The number of carboxylic acid groups (broad SMARTS) is 1. The lowest BCUT2D eigenvalue weighted by Gasteiger charge is -2.45. The highest BCUT2D eigenvalue weighted by atomic mass is 16.6. The number of esters is 1. The number of hydrogen-bond donors (Lipinski definition) is 1. The maximum atomic E-state index is 11.7. The summed E-state index contributed by atoms with van der Waals surface area (Å²) in [4.78, 5) is 22.4. The maximum Gasteiger partial charge on any atom is 0.317 e. The molecule has 20 heavy (non-hydrogen) atoms. The van der Waals surface area contributed by atoms with Crippen molar-refractivity contribution in [2.75, 3.05) is 0 Å². The van der Waals surface area contributed by atoms with Gasteiger partial charge < -0.3 is 9.84 Å². The van der Waals surface area contributed by atoms with Crippen LogP contribution in [0.2, 0.25) is 0 Å². The first kappa shape index (κ1) is 16.7. The zero-order valence-electron chi connectivity index (χ0n) is 12.6. The zero-order chi connectivity index (χ0) is 15.2. The molecule has 3 atom stereocenters. The lowest BCUT2D eigenvalue weighted by Crippen LogP contribution is -2.46. The van der Waals surface area contributed by atoms with Crippen molar-refractivity contribution in [2.24, 2.45) is 11.8 Å². The van der Waals surface area contributed by atoms with Gasteiger partial charge in [0.1, 0.15) is 12.0 Å². The van der Waals surface area contributed by atoms with Crippen LogP contribution in [-0.4, -0.2) is 22.6 Å². The quantitative estimate of drug-likeness (QED) is 0.440. The lowest BCUT2D eigenvalue weighted by atomic mass is 9.67. The van der Waals surface area contributed by atoms with Gasteiger partial charge in [0.2, 0.25) is 0 Å². The molecule has 3 unspecified atom stereocenters. The molecule has 1 saturated carbocycles. The SMILES string of the molecule is C=CCC1CCC(CC)(OC(=O)CC(=O)O)C(CC)C1. The maximum absolute atomic E-state index is 11.7. The van der Waals surface area contributed by atoms with Crippen molar-refractivity contribution in [1.29, 1.82) is 0 Å². The summed E-state index contributed by atoms with van der Waals surface area (Å²) >= 11 is 0. The number of carbonyl (C=O) groups excluding carboxylic acids is 1. The van der Waals surface area contributed by atoms with Gasteiger partial charge in [-0.05, 0) is 50.4 Å². The molecule has 0 aromatic heterocycles. The summed E-state index contributed by atoms with van der Waals surface area (Å²) in [7, 11) is 0. The summed E-state index contributed by atoms with van der Waals surface area (Å²) in [5, 5.41) is 8.69. The van der Waals surface area contributed by atoms with Crippen LogP contribution in [0.3, 0.4) is 0 Å². The molecule has 1 rings (SSSR count). The van der Waals surface area contributed by atoms with Crippen LogP contribution in [0, 0.1) is 11.8 Å². The summed E-state index contributed by atoms with van der Waals surface area (Å²) in [6, 6.07) is 0. The predicted molar refractivity (Wildman–Crippen MR) is 77.3 cm³/mol. The zero-order valence-corrected chi connectivity index (χ0v) is 12.6. The number of ether oxygens (including phenoxy) is 1. The number of rotatable bonds is 7. The van der Waals surface area contributed by atoms with Crippen LogP contribution in [0.1, 0.15) is 58.8 Å². The lowest BCUT2D eigenvalue weighted by molar-refractivity contribution is -0.176. The van der Waals surface area contributed by atoms with Crippen molar-refractivity contribution in [3.8, 4) is 0 Å². The number of hydrogen-bond acceptors (Lipinski definition) is 3. The summed E-state index contributed by atoms with van der Waals surface area (Å²) in [5.41, 5.74) is -0.473. The molecule has 114 valence electrons. The molecule has 4 heteroatoms. The topological polar surface area (TPSA) is 63.6 Å². The van der Waals surface area contributed by atoms with E-state index in [-0.39, 0.29) is 0 Å². The van der Waals surface area contributed by atoms with Crippen LogP contribution in [0.4, 0.5) is 0 Å². The summed E-state index contributed by atoms with van der Waals surface area (Å²) in [6.45, 7) is 7.92. The molecule has 0 aromatic rings. The van der Waals surface area contributed by atoms with Crippen LogP contribution in [-0.2, 0) is 14.3 Å². The fourth-order valence-corrected chi connectivity index (χ4v) is 3.43. The average Bonchev–Trinajstić information content (AvgIpc) is 2.39. The van der Waals surface area contributed by atoms with Gasteiger partial charge in [-0.15, -0.1) is 6.58 Å². The molecule has 0 radical (unpaired) electrons. The van der Waals surface area contributed by atoms with Crippen LogP contribution in [0.5, 0.6) is 0 Å². The number of aliphatic carboxylic acids is 1. The molecule has 0 aromatic carbocycles. The molecule has 0 heterocycles. The molecule has 0 bridgehead atoms. The number of allylic oxidation sites excluding steroid dienone is 1. The fraction of sp³-hybridized carbons (Fsp3) is 0.750. The summed E-state index contributed by atoms with van der Waals surface area (Å²) < 4.78 is 5.62. The highest BCUT2D eigenvalue weighted by Crippen LogP contribution is 2.44. The van der Waals surface area contributed by atoms with E-state index >= 15 is 0 Å². The molecule has 0 amide bonds. The van der Waals surface area contributed by atoms with Crippen LogP contribution < -0.4 is 0 Å². The van der Waals surface area contributed by atoms with Crippen LogP contribution >= 0.6 is 0 Å². The molecule has 0 saturated heterocycles. The van der Waals surface area contributed by atoms with Gasteiger partial charge in [-0.25, -0.2) is 0 Å². The third kappa shape index (κ3) is 4.09. The summed E-state index contributed by atoms with van der Waals surface area (Å²) in [6.07, 6.45) is 6.96. The average molecular weight is 282 g/mol. The largest absolute Gasteiger partial charge is 0.481 e. The molecular formula is C16H26O4. The first-order valence-corrected chi connectivity index (χ1v) is 7.51. The van der Waals surface area contributed by atoms with E-state index in [1.165, 1.54) is 0 Å². The summed E-state index contributed by atoms with van der Waals surface area (Å²) in [5.74, 6) is -0.825. The molecule has 0 aliphatic heterocycles. The first-order chi connectivity index (χ1) is 9.47. The normalized spacial score (nSPS) is 29.7. The number of carbonyl (C=O) groups is 2. The van der Waals surface area contributed by atoms with Crippen molar-refractivity contribution in [1.82, 2.24) is 0 Å². The molecule has 4 nitrogen and oxygen atoms in total. The second kappa shape index (κ2) is 7.46. The van der Waals surface area contributed by atoms with Crippen molar-refractivity contribution in [3.05, 3.63) is 12.7 Å². The standard InChI is InChI=1S/C16H26O4/c1-4-7-12-8-9-16(6-3,13(5-2)10-12)20-15(19)11-14(17)18/h4,12-13H,1,5-11H2,2-3H3,(H,17,18). The fourth-order valence-electron chi connectivity index (χ4n) is 3.43. The minimum absolute atomic E-state index is 0.309. The second-order valence-corrected chi connectivity index (χ2v) is 5.73. The monoisotopic (exact) mass is 282 g/mol. The van der Waals surface area contributed by atoms with Gasteiger partial charge in [-0.2, -0.15) is 0 Å². The Morgan fingerprint density at radius 3 is 2.65 bits per heavy atom.